The van der Waals surface area contributed by atoms with Crippen LogP contribution in [0.1, 0.15) is 38.1 Å². The molecule has 0 bridgehead atoms. The zero-order valence-corrected chi connectivity index (χ0v) is 20.2. The molecule has 1 saturated carbocycles. The molecule has 0 atom stereocenters. The van der Waals surface area contributed by atoms with E-state index in [4.69, 9.17) is 0 Å². The van der Waals surface area contributed by atoms with Crippen LogP contribution < -0.4 is 21.3 Å². The predicted molar refractivity (Wildman–Crippen MR) is 141 cm³/mol. The van der Waals surface area contributed by atoms with Gasteiger partial charge < -0.3 is 14.9 Å². The average molecular weight is 503 g/mol. The highest BCUT2D eigenvalue weighted by Gasteiger charge is 2.24. The number of nitrogens with one attached hydrogen (secondary N) is 2. The summed E-state index contributed by atoms with van der Waals surface area (Å²) < 4.78 is 3.03. The van der Waals surface area contributed by atoms with Crippen LogP contribution in [0.2, 0.25) is 0 Å². The van der Waals surface area contributed by atoms with Gasteiger partial charge in [0.25, 0.3) is 5.69 Å². The Labute approximate surface area is 211 Å². The van der Waals surface area contributed by atoms with Crippen molar-refractivity contribution in [1.82, 2.24) is 14.1 Å². The molecule has 2 heterocycles. The molecular formula is C26H26N6O5. The van der Waals surface area contributed by atoms with Gasteiger partial charge in [-0.05, 0) is 37.1 Å². The Morgan fingerprint density at radius 1 is 1.11 bits per heavy atom. The molecule has 0 aliphatic heterocycles. The zero-order chi connectivity index (χ0) is 26.1. The Balaban J connectivity index is 1.57. The Kier molecular flexibility index (Phi) is 6.34. The number of benzene rings is 2. The quantitative estimate of drug-likeness (QED) is 0.234. The first-order valence-electron chi connectivity index (χ1n) is 12.1. The topological polar surface area (TPSA) is 135 Å². The van der Waals surface area contributed by atoms with Crippen molar-refractivity contribution in [1.29, 1.82) is 0 Å². The minimum atomic E-state index is -0.797. The molecule has 0 saturated heterocycles. The summed E-state index contributed by atoms with van der Waals surface area (Å²) in [7, 11) is 1.60. The van der Waals surface area contributed by atoms with Crippen molar-refractivity contribution in [3.63, 3.8) is 0 Å². The lowest BCUT2D eigenvalue weighted by atomic mass is 9.95. The second kappa shape index (κ2) is 9.76. The third-order valence-corrected chi connectivity index (χ3v) is 6.82. The van der Waals surface area contributed by atoms with Gasteiger partial charge in [-0.25, -0.2) is 4.79 Å². The number of hydrogen-bond donors (Lipinski definition) is 2. The fraction of sp³-hybridized carbons (Fsp3) is 0.269. The molecule has 1 aliphatic carbocycles. The van der Waals surface area contributed by atoms with E-state index in [9.17, 15) is 24.5 Å². The van der Waals surface area contributed by atoms with Crippen molar-refractivity contribution in [2.75, 3.05) is 17.3 Å². The lowest BCUT2D eigenvalue weighted by Gasteiger charge is -2.25. The molecule has 1 aliphatic rings. The molecule has 0 spiro atoms. The van der Waals surface area contributed by atoms with Crippen LogP contribution in [0.3, 0.4) is 0 Å². The summed E-state index contributed by atoms with van der Waals surface area (Å²) in [5.41, 5.74) is 0.332. The van der Waals surface area contributed by atoms with Gasteiger partial charge in [0, 0.05) is 37.2 Å². The first-order valence-corrected chi connectivity index (χ1v) is 12.1. The number of aromatic nitrogens is 3. The van der Waals surface area contributed by atoms with Crippen LogP contribution >= 0.6 is 0 Å². The van der Waals surface area contributed by atoms with Gasteiger partial charge in [0.15, 0.2) is 0 Å². The van der Waals surface area contributed by atoms with Crippen molar-refractivity contribution < 1.29 is 9.72 Å². The van der Waals surface area contributed by atoms with Gasteiger partial charge in [-0.2, -0.15) is 0 Å². The second-order valence-electron chi connectivity index (χ2n) is 9.17. The Morgan fingerprint density at radius 2 is 1.84 bits per heavy atom. The van der Waals surface area contributed by atoms with Crippen LogP contribution in [0.4, 0.5) is 21.9 Å². The normalized spacial score (nSPS) is 14.0. The molecule has 37 heavy (non-hydrogen) atoms. The number of amides is 2. The van der Waals surface area contributed by atoms with Crippen molar-refractivity contribution in [3.05, 3.63) is 91.7 Å². The summed E-state index contributed by atoms with van der Waals surface area (Å²) in [5, 5.41) is 14.8. The summed E-state index contributed by atoms with van der Waals surface area (Å²) in [6.07, 6.45) is 7.71. The number of urea groups is 1. The van der Waals surface area contributed by atoms with E-state index in [1.54, 1.807) is 48.3 Å². The number of nitro benzene ring substituents is 1. The molecule has 4 aromatic rings. The lowest BCUT2D eigenvalue weighted by molar-refractivity contribution is -0.384. The maximum atomic E-state index is 12.9. The summed E-state index contributed by atoms with van der Waals surface area (Å²) in [5.74, 6) is 0. The number of carbonyl (C=O) groups excluding carboxylic acids is 1. The Bertz CT molecular complexity index is 1600. The molecule has 2 amide bonds. The number of nitro groups is 1. The molecule has 2 N–H and O–H groups in total. The molecule has 190 valence electrons. The van der Waals surface area contributed by atoms with Gasteiger partial charge in [0.2, 0.25) is 0 Å². The van der Waals surface area contributed by atoms with E-state index in [0.717, 1.165) is 32.1 Å². The molecule has 1 fully saturated rings. The van der Waals surface area contributed by atoms with Gasteiger partial charge in [-0.1, -0.05) is 37.5 Å². The third kappa shape index (κ3) is 4.63. The van der Waals surface area contributed by atoms with E-state index in [0.29, 0.717) is 16.9 Å². The minimum absolute atomic E-state index is 0.145. The summed E-state index contributed by atoms with van der Waals surface area (Å²) in [6, 6.07) is 13.0. The number of hydrogen-bond acceptors (Lipinski definition) is 5. The number of nitrogens with zero attached hydrogens (tertiary/aromatic N) is 4. The lowest BCUT2D eigenvalue weighted by Crippen LogP contribution is -2.39. The van der Waals surface area contributed by atoms with Crippen molar-refractivity contribution in [2.24, 2.45) is 0 Å². The van der Waals surface area contributed by atoms with E-state index in [-0.39, 0.29) is 29.0 Å². The Morgan fingerprint density at radius 3 is 2.54 bits per heavy atom. The fourth-order valence-electron chi connectivity index (χ4n) is 4.89. The summed E-state index contributed by atoms with van der Waals surface area (Å²) in [6.45, 7) is 0. The summed E-state index contributed by atoms with van der Waals surface area (Å²) >= 11 is 0. The van der Waals surface area contributed by atoms with Crippen molar-refractivity contribution >= 4 is 34.1 Å². The van der Waals surface area contributed by atoms with Crippen LogP contribution in [0, 0.1) is 10.1 Å². The maximum Gasteiger partial charge on any atom is 0.326 e. The van der Waals surface area contributed by atoms with E-state index in [2.05, 4.69) is 10.3 Å². The maximum absolute atomic E-state index is 12.9. The monoisotopic (exact) mass is 502 g/mol. The van der Waals surface area contributed by atoms with Crippen LogP contribution in [0.15, 0.2) is 70.5 Å². The number of fused-ring (bicyclic) bond motifs is 1. The number of rotatable bonds is 5. The van der Waals surface area contributed by atoms with Crippen molar-refractivity contribution in [2.45, 2.75) is 38.1 Å². The highest BCUT2D eigenvalue weighted by Crippen LogP contribution is 2.33. The van der Waals surface area contributed by atoms with Gasteiger partial charge >= 0.3 is 17.1 Å². The van der Waals surface area contributed by atoms with E-state index < -0.39 is 16.0 Å². The first-order chi connectivity index (χ1) is 17.8. The van der Waals surface area contributed by atoms with Gasteiger partial charge in [-0.15, -0.1) is 0 Å². The van der Waals surface area contributed by atoms with Crippen LogP contribution in [-0.2, 0) is 0 Å². The number of carbonyl (C=O) groups is 1. The highest BCUT2D eigenvalue weighted by atomic mass is 16.6. The minimum Gasteiger partial charge on any atom is -0.316 e. The molecule has 2 aromatic heterocycles. The van der Waals surface area contributed by atoms with E-state index in [1.165, 1.54) is 15.5 Å². The van der Waals surface area contributed by atoms with Crippen molar-refractivity contribution in [3.8, 4) is 5.69 Å². The molecule has 5 rings (SSSR count). The number of H-pyrrole nitrogens is 1. The largest absolute Gasteiger partial charge is 0.326 e. The molecule has 2 aromatic carbocycles. The Hall–Kier alpha value is -4.67. The van der Waals surface area contributed by atoms with Gasteiger partial charge in [-0.3, -0.25) is 29.2 Å². The van der Waals surface area contributed by atoms with Crippen LogP contribution in [0.5, 0.6) is 0 Å². The number of anilines is 2. The standard InChI is InChI=1S/C26H26N6O5/c1-29(26(35)27-17-8-4-2-5-9-17)19-12-13-30(16-19)22-15-21-20(14-23(22)32(36)37)28-24(33)25(34)31(21)18-10-6-3-7-11-18/h2,4-5,8-9,12-16,18H,3,6-7,10-11H2,1H3,(H,27,35)(H,28,33). The number of para-hydroxylation sites is 1. The number of aromatic amines is 1. The average Bonchev–Trinajstić information content (AvgIpc) is 3.39. The fourth-order valence-corrected chi connectivity index (χ4v) is 4.89. The summed E-state index contributed by atoms with van der Waals surface area (Å²) in [4.78, 5) is 53.4. The molecule has 11 nitrogen and oxygen atoms in total. The first kappa shape index (κ1) is 24.0. The molecule has 0 radical (unpaired) electrons. The van der Waals surface area contributed by atoms with Crippen LogP contribution in [0.25, 0.3) is 16.7 Å². The third-order valence-electron chi connectivity index (χ3n) is 6.82. The van der Waals surface area contributed by atoms with Gasteiger partial charge in [0.1, 0.15) is 5.69 Å². The zero-order valence-electron chi connectivity index (χ0n) is 20.2. The van der Waals surface area contributed by atoms with E-state index in [1.807, 2.05) is 18.2 Å². The predicted octanol–water partition coefficient (Wildman–Crippen LogP) is 4.56. The molecule has 0 unspecified atom stereocenters. The molecule has 11 heteroatoms. The smallest absolute Gasteiger partial charge is 0.316 e. The SMILES string of the molecule is CN(C(=O)Nc1ccccc1)c1ccn(-c2cc3c(cc2[N+](=O)[O-])[nH]c(=O)c(=O)n3C2CCCCC2)c1. The highest BCUT2D eigenvalue weighted by molar-refractivity contribution is 6.01. The van der Waals surface area contributed by atoms with Gasteiger partial charge in [0.05, 0.1) is 21.6 Å². The van der Waals surface area contributed by atoms with E-state index >= 15 is 0 Å². The van der Waals surface area contributed by atoms with Crippen LogP contribution in [-0.4, -0.2) is 32.1 Å². The second-order valence-corrected chi connectivity index (χ2v) is 9.17. The molecular weight excluding hydrogens is 476 g/mol.